The van der Waals surface area contributed by atoms with Crippen LogP contribution in [0, 0.1) is 5.92 Å². The summed E-state index contributed by atoms with van der Waals surface area (Å²) in [6.45, 7) is 0. The quantitative estimate of drug-likeness (QED) is 0.835. The number of carbonyl (C=O) groups is 2. The first-order chi connectivity index (χ1) is 10.1. The van der Waals surface area contributed by atoms with E-state index in [9.17, 15) is 9.59 Å². The Morgan fingerprint density at radius 1 is 1.33 bits per heavy atom. The van der Waals surface area contributed by atoms with E-state index in [0.29, 0.717) is 10.8 Å². The average Bonchev–Trinajstić information content (AvgIpc) is 2.50. The molecule has 0 bridgehead atoms. The molecule has 7 heteroatoms. The summed E-state index contributed by atoms with van der Waals surface area (Å²) in [4.78, 5) is 27.9. The van der Waals surface area contributed by atoms with Gasteiger partial charge in [-0.2, -0.15) is 0 Å². The van der Waals surface area contributed by atoms with Gasteiger partial charge in [-0.05, 0) is 31.3 Å². The van der Waals surface area contributed by atoms with Crippen LogP contribution in [0.3, 0.4) is 0 Å². The van der Waals surface area contributed by atoms with Crippen molar-refractivity contribution in [2.45, 2.75) is 38.0 Å². The normalized spacial score (nSPS) is 21.6. The molecule has 110 valence electrons. The number of carbonyl (C=O) groups excluding carboxylic acids is 2. The lowest BCUT2D eigenvalue weighted by atomic mass is 9.83. The third-order valence-corrected chi connectivity index (χ3v) is 3.84. The smallest absolute Gasteiger partial charge is 0.230 e. The van der Waals surface area contributed by atoms with Gasteiger partial charge in [0, 0.05) is 12.2 Å². The van der Waals surface area contributed by atoms with Crippen LogP contribution in [0.1, 0.15) is 25.7 Å². The number of hydrogen-bond acceptors (Lipinski definition) is 3. The highest BCUT2D eigenvalue weighted by atomic mass is 35.5. The van der Waals surface area contributed by atoms with Crippen molar-refractivity contribution in [1.29, 1.82) is 0 Å². The standard InChI is InChI=1S/C14H17BClN3O2/c15-7-13(20)18-11-4-2-1-3-10(11)14(21)19-12-6-5-9(16)8-17-12/h5-6,8,10-11H,1-4,7H2,(H,18,20)(H,17,19,21). The number of nitrogens with one attached hydrogen (secondary N) is 2. The van der Waals surface area contributed by atoms with Crippen molar-refractivity contribution in [2.24, 2.45) is 5.92 Å². The van der Waals surface area contributed by atoms with Gasteiger partial charge in [-0.25, -0.2) is 4.98 Å². The lowest BCUT2D eigenvalue weighted by Gasteiger charge is -2.31. The second kappa shape index (κ2) is 7.45. The van der Waals surface area contributed by atoms with Crippen LogP contribution in [0.5, 0.6) is 0 Å². The number of halogens is 1. The van der Waals surface area contributed by atoms with Crippen molar-refractivity contribution < 1.29 is 9.59 Å². The Bertz CT molecular complexity index is 509. The SMILES string of the molecule is [B]CC(=O)NC1CCCCC1C(=O)Nc1ccc(Cl)cn1. The van der Waals surface area contributed by atoms with Crippen molar-refractivity contribution in [3.8, 4) is 0 Å². The molecule has 2 atom stereocenters. The van der Waals surface area contributed by atoms with E-state index >= 15 is 0 Å². The van der Waals surface area contributed by atoms with E-state index in [1.54, 1.807) is 12.1 Å². The van der Waals surface area contributed by atoms with E-state index in [1.807, 2.05) is 0 Å². The molecular formula is C14H17BClN3O2. The van der Waals surface area contributed by atoms with E-state index in [2.05, 4.69) is 15.6 Å². The van der Waals surface area contributed by atoms with Gasteiger partial charge in [-0.3, -0.25) is 9.59 Å². The van der Waals surface area contributed by atoms with Gasteiger partial charge in [-0.1, -0.05) is 24.4 Å². The summed E-state index contributed by atoms with van der Waals surface area (Å²) in [7, 11) is 5.31. The first-order valence-electron chi connectivity index (χ1n) is 7.02. The predicted octanol–water partition coefficient (Wildman–Crippen LogP) is 1.94. The zero-order valence-corrected chi connectivity index (χ0v) is 12.4. The van der Waals surface area contributed by atoms with Crippen LogP contribution in [0.15, 0.2) is 18.3 Å². The maximum atomic E-state index is 12.4. The van der Waals surface area contributed by atoms with Gasteiger partial charge in [0.05, 0.1) is 18.8 Å². The number of amides is 2. The Hall–Kier alpha value is -1.56. The summed E-state index contributed by atoms with van der Waals surface area (Å²) in [5.74, 6) is -0.165. The molecule has 2 N–H and O–H groups in total. The second-order valence-electron chi connectivity index (χ2n) is 5.12. The third-order valence-electron chi connectivity index (χ3n) is 3.61. The van der Waals surface area contributed by atoms with Gasteiger partial charge >= 0.3 is 0 Å². The number of aromatic nitrogens is 1. The Kier molecular flexibility index (Phi) is 5.62. The molecule has 5 nitrogen and oxygen atoms in total. The molecule has 2 rings (SSSR count). The first kappa shape index (κ1) is 15.8. The lowest BCUT2D eigenvalue weighted by molar-refractivity contribution is -0.124. The van der Waals surface area contributed by atoms with Gasteiger partial charge < -0.3 is 10.6 Å². The summed E-state index contributed by atoms with van der Waals surface area (Å²) in [5, 5.41) is 6.11. The van der Waals surface area contributed by atoms with Gasteiger partial charge in [0.2, 0.25) is 11.8 Å². The van der Waals surface area contributed by atoms with Crippen LogP contribution < -0.4 is 10.6 Å². The minimum Gasteiger partial charge on any atom is -0.353 e. The molecular weight excluding hydrogens is 288 g/mol. The molecule has 21 heavy (non-hydrogen) atoms. The summed E-state index contributed by atoms with van der Waals surface area (Å²) in [6.07, 6.45) is 4.92. The van der Waals surface area contributed by atoms with Crippen LogP contribution in [0.25, 0.3) is 0 Å². The zero-order valence-electron chi connectivity index (χ0n) is 11.6. The van der Waals surface area contributed by atoms with Crippen molar-refractivity contribution >= 4 is 37.1 Å². The molecule has 1 aromatic heterocycles. The molecule has 2 unspecified atom stereocenters. The molecule has 0 saturated heterocycles. The molecule has 1 heterocycles. The van der Waals surface area contributed by atoms with Crippen molar-refractivity contribution in [2.75, 3.05) is 5.32 Å². The number of pyridine rings is 1. The minimum absolute atomic E-state index is 0.0659. The Morgan fingerprint density at radius 2 is 2.10 bits per heavy atom. The lowest BCUT2D eigenvalue weighted by Crippen LogP contribution is -2.46. The summed E-state index contributed by atoms with van der Waals surface area (Å²) in [6, 6.07) is 3.15. The largest absolute Gasteiger partial charge is 0.353 e. The molecule has 0 spiro atoms. The summed E-state index contributed by atoms with van der Waals surface area (Å²) in [5.41, 5.74) is 0. The Morgan fingerprint density at radius 3 is 2.76 bits per heavy atom. The van der Waals surface area contributed by atoms with E-state index < -0.39 is 0 Å². The second-order valence-corrected chi connectivity index (χ2v) is 5.56. The fraction of sp³-hybridized carbons (Fsp3) is 0.500. The molecule has 1 fully saturated rings. The number of hydrogen-bond donors (Lipinski definition) is 2. The highest BCUT2D eigenvalue weighted by Crippen LogP contribution is 2.26. The fourth-order valence-electron chi connectivity index (χ4n) is 2.55. The van der Waals surface area contributed by atoms with E-state index in [4.69, 9.17) is 19.4 Å². The molecule has 1 aromatic rings. The molecule has 1 aliphatic carbocycles. The average molecular weight is 306 g/mol. The maximum absolute atomic E-state index is 12.4. The van der Waals surface area contributed by atoms with Gasteiger partial charge in [0.25, 0.3) is 0 Å². The highest BCUT2D eigenvalue weighted by molar-refractivity contribution is 6.30. The van der Waals surface area contributed by atoms with E-state index in [-0.39, 0.29) is 30.1 Å². The monoisotopic (exact) mass is 305 g/mol. The molecule has 1 saturated carbocycles. The minimum atomic E-state index is -0.258. The molecule has 0 aliphatic heterocycles. The molecule has 0 aromatic carbocycles. The van der Waals surface area contributed by atoms with E-state index in [1.165, 1.54) is 6.20 Å². The number of rotatable bonds is 4. The predicted molar refractivity (Wildman–Crippen MR) is 82.3 cm³/mol. The van der Waals surface area contributed by atoms with Crippen LogP contribution >= 0.6 is 11.6 Å². The molecule has 2 radical (unpaired) electrons. The van der Waals surface area contributed by atoms with Crippen LogP contribution in [0.4, 0.5) is 5.82 Å². The van der Waals surface area contributed by atoms with Crippen LogP contribution in [-0.4, -0.2) is 30.7 Å². The van der Waals surface area contributed by atoms with Crippen molar-refractivity contribution in [1.82, 2.24) is 10.3 Å². The van der Waals surface area contributed by atoms with Crippen LogP contribution in [0.2, 0.25) is 11.3 Å². The fourth-order valence-corrected chi connectivity index (χ4v) is 2.66. The summed E-state index contributed by atoms with van der Waals surface area (Å²) >= 11 is 5.76. The first-order valence-corrected chi connectivity index (χ1v) is 7.40. The highest BCUT2D eigenvalue weighted by Gasteiger charge is 2.31. The van der Waals surface area contributed by atoms with E-state index in [0.717, 1.165) is 25.7 Å². The van der Waals surface area contributed by atoms with Gasteiger partial charge in [0.1, 0.15) is 5.82 Å². The van der Waals surface area contributed by atoms with Crippen molar-refractivity contribution in [3.05, 3.63) is 23.4 Å². The third kappa shape index (κ3) is 4.46. The Labute approximate surface area is 130 Å². The number of nitrogens with zero attached hydrogens (tertiary/aromatic N) is 1. The summed E-state index contributed by atoms with van der Waals surface area (Å²) < 4.78 is 0. The van der Waals surface area contributed by atoms with Crippen molar-refractivity contribution in [3.63, 3.8) is 0 Å². The Balaban J connectivity index is 2.00. The molecule has 1 aliphatic rings. The number of anilines is 1. The van der Waals surface area contributed by atoms with Gasteiger partial charge in [0.15, 0.2) is 0 Å². The molecule has 2 amide bonds. The van der Waals surface area contributed by atoms with Crippen LogP contribution in [-0.2, 0) is 9.59 Å². The zero-order chi connectivity index (χ0) is 15.2. The topological polar surface area (TPSA) is 71.1 Å². The van der Waals surface area contributed by atoms with Gasteiger partial charge in [-0.15, -0.1) is 0 Å². The maximum Gasteiger partial charge on any atom is 0.230 e.